The lowest BCUT2D eigenvalue weighted by Gasteiger charge is -2.17. The summed E-state index contributed by atoms with van der Waals surface area (Å²) in [5.41, 5.74) is 3.73. The monoisotopic (exact) mass is 314 g/mol. The highest BCUT2D eigenvalue weighted by Crippen LogP contribution is 2.27. The van der Waals surface area contributed by atoms with Gasteiger partial charge in [-0.05, 0) is 29.1 Å². The molecule has 0 amide bonds. The van der Waals surface area contributed by atoms with Crippen molar-refractivity contribution in [3.8, 4) is 0 Å². The van der Waals surface area contributed by atoms with Crippen LogP contribution in [0.3, 0.4) is 0 Å². The number of thiophene rings is 1. The van der Waals surface area contributed by atoms with Crippen LogP contribution in [0.4, 0.5) is 4.39 Å². The van der Waals surface area contributed by atoms with Gasteiger partial charge in [-0.25, -0.2) is 4.39 Å². The van der Waals surface area contributed by atoms with Crippen molar-refractivity contribution in [2.75, 3.05) is 0 Å². The predicted octanol–water partition coefficient (Wildman–Crippen LogP) is 3.40. The molecule has 2 nitrogen and oxygen atoms in total. The SMILES string of the molecule is NNC(Cc1cccs1)c1ccc(F)cc1Br. The Labute approximate surface area is 112 Å². The van der Waals surface area contributed by atoms with E-state index >= 15 is 0 Å². The molecule has 1 heterocycles. The zero-order chi connectivity index (χ0) is 12.3. The van der Waals surface area contributed by atoms with Crippen LogP contribution in [0, 0.1) is 5.82 Å². The Morgan fingerprint density at radius 1 is 1.41 bits per heavy atom. The second-order valence-corrected chi connectivity index (χ2v) is 5.56. The van der Waals surface area contributed by atoms with E-state index < -0.39 is 0 Å². The number of benzene rings is 1. The molecular weight excluding hydrogens is 303 g/mol. The van der Waals surface area contributed by atoms with Gasteiger partial charge >= 0.3 is 0 Å². The molecule has 5 heteroatoms. The molecule has 0 aliphatic carbocycles. The first kappa shape index (κ1) is 12.7. The van der Waals surface area contributed by atoms with Gasteiger partial charge < -0.3 is 0 Å². The maximum absolute atomic E-state index is 13.0. The second-order valence-electron chi connectivity index (χ2n) is 3.67. The molecule has 1 atom stereocenters. The Bertz CT molecular complexity index is 487. The minimum Gasteiger partial charge on any atom is -0.271 e. The minimum atomic E-state index is -0.257. The zero-order valence-electron chi connectivity index (χ0n) is 8.99. The van der Waals surface area contributed by atoms with E-state index in [4.69, 9.17) is 5.84 Å². The van der Waals surface area contributed by atoms with Crippen LogP contribution in [0.2, 0.25) is 0 Å². The number of hydrogen-bond donors (Lipinski definition) is 2. The Hall–Kier alpha value is -0.750. The van der Waals surface area contributed by atoms with Crippen LogP contribution in [0.5, 0.6) is 0 Å². The van der Waals surface area contributed by atoms with Crippen LogP contribution in [0.25, 0.3) is 0 Å². The lowest BCUT2D eigenvalue weighted by molar-refractivity contribution is 0.550. The maximum atomic E-state index is 13.0. The molecule has 1 aromatic heterocycles. The third-order valence-corrected chi connectivity index (χ3v) is 4.11. The third kappa shape index (κ3) is 3.13. The molecule has 0 saturated heterocycles. The summed E-state index contributed by atoms with van der Waals surface area (Å²) >= 11 is 5.05. The molecule has 2 rings (SSSR count). The van der Waals surface area contributed by atoms with Crippen LogP contribution in [0.15, 0.2) is 40.2 Å². The highest BCUT2D eigenvalue weighted by Gasteiger charge is 2.14. The largest absolute Gasteiger partial charge is 0.271 e. The van der Waals surface area contributed by atoms with Gasteiger partial charge in [0.2, 0.25) is 0 Å². The van der Waals surface area contributed by atoms with Crippen LogP contribution in [-0.4, -0.2) is 0 Å². The molecule has 0 radical (unpaired) electrons. The molecule has 0 aliphatic rings. The molecule has 1 unspecified atom stereocenters. The average Bonchev–Trinajstić information content (AvgIpc) is 2.79. The number of nitrogens with one attached hydrogen (secondary N) is 1. The number of halogens is 2. The Morgan fingerprint density at radius 3 is 2.82 bits per heavy atom. The van der Waals surface area contributed by atoms with Gasteiger partial charge in [0.25, 0.3) is 0 Å². The lowest BCUT2D eigenvalue weighted by Crippen LogP contribution is -2.29. The van der Waals surface area contributed by atoms with E-state index in [0.717, 1.165) is 16.5 Å². The van der Waals surface area contributed by atoms with Gasteiger partial charge in [-0.2, -0.15) is 0 Å². The van der Waals surface area contributed by atoms with E-state index in [1.54, 1.807) is 17.4 Å². The van der Waals surface area contributed by atoms with E-state index in [0.29, 0.717) is 0 Å². The average molecular weight is 315 g/mol. The van der Waals surface area contributed by atoms with Gasteiger partial charge in [-0.15, -0.1) is 11.3 Å². The summed E-state index contributed by atoms with van der Waals surface area (Å²) in [5, 5.41) is 2.03. The number of hydrazine groups is 1. The first-order valence-electron chi connectivity index (χ1n) is 5.14. The highest BCUT2D eigenvalue weighted by atomic mass is 79.9. The molecule has 2 aromatic rings. The summed E-state index contributed by atoms with van der Waals surface area (Å²) in [6.45, 7) is 0. The molecule has 90 valence electrons. The molecule has 17 heavy (non-hydrogen) atoms. The summed E-state index contributed by atoms with van der Waals surface area (Å²) in [6, 6.07) is 8.69. The lowest BCUT2D eigenvalue weighted by atomic mass is 10.0. The fourth-order valence-electron chi connectivity index (χ4n) is 1.67. The quantitative estimate of drug-likeness (QED) is 0.670. The van der Waals surface area contributed by atoms with Gasteiger partial charge in [0.15, 0.2) is 0 Å². The molecule has 0 spiro atoms. The predicted molar refractivity (Wildman–Crippen MR) is 72.2 cm³/mol. The van der Waals surface area contributed by atoms with Gasteiger partial charge in [0.1, 0.15) is 5.82 Å². The normalized spacial score (nSPS) is 12.6. The van der Waals surface area contributed by atoms with E-state index in [1.807, 2.05) is 11.4 Å². The molecule has 0 fully saturated rings. The zero-order valence-corrected chi connectivity index (χ0v) is 11.4. The summed E-state index contributed by atoms with van der Waals surface area (Å²) in [4.78, 5) is 1.24. The topological polar surface area (TPSA) is 38.0 Å². The van der Waals surface area contributed by atoms with Crippen molar-refractivity contribution in [2.24, 2.45) is 5.84 Å². The van der Waals surface area contributed by atoms with E-state index in [-0.39, 0.29) is 11.9 Å². The fourth-order valence-corrected chi connectivity index (χ4v) is 3.05. The Balaban J connectivity index is 2.23. The molecule has 3 N–H and O–H groups in total. The number of hydrogen-bond acceptors (Lipinski definition) is 3. The van der Waals surface area contributed by atoms with Crippen molar-refractivity contribution in [3.63, 3.8) is 0 Å². The number of rotatable bonds is 4. The first-order valence-corrected chi connectivity index (χ1v) is 6.81. The first-order chi connectivity index (χ1) is 8.20. The van der Waals surface area contributed by atoms with Crippen LogP contribution in [-0.2, 0) is 6.42 Å². The maximum Gasteiger partial charge on any atom is 0.124 e. The molecular formula is C12H12BrFN2S. The molecule has 0 bridgehead atoms. The van der Waals surface area contributed by atoms with Crippen LogP contribution < -0.4 is 11.3 Å². The third-order valence-electron chi connectivity index (χ3n) is 2.52. The van der Waals surface area contributed by atoms with Gasteiger partial charge in [-0.1, -0.05) is 28.1 Å². The highest BCUT2D eigenvalue weighted by molar-refractivity contribution is 9.10. The summed E-state index contributed by atoms with van der Waals surface area (Å²) in [7, 11) is 0. The fraction of sp³-hybridized carbons (Fsp3) is 0.167. The standard InChI is InChI=1S/C12H12BrFN2S/c13-11-6-8(14)3-4-10(11)12(16-15)7-9-2-1-5-17-9/h1-6,12,16H,7,15H2. The Morgan fingerprint density at radius 2 is 2.24 bits per heavy atom. The van der Waals surface area contributed by atoms with Crippen molar-refractivity contribution in [1.29, 1.82) is 0 Å². The van der Waals surface area contributed by atoms with Gasteiger partial charge in [-0.3, -0.25) is 11.3 Å². The smallest absolute Gasteiger partial charge is 0.124 e. The molecule has 0 aliphatic heterocycles. The van der Waals surface area contributed by atoms with Gasteiger partial charge in [0, 0.05) is 15.8 Å². The van der Waals surface area contributed by atoms with Crippen LogP contribution >= 0.6 is 27.3 Å². The minimum absolute atomic E-state index is 0.0244. The summed E-state index contributed by atoms with van der Waals surface area (Å²) in [6.07, 6.45) is 0.790. The van der Waals surface area contributed by atoms with E-state index in [1.165, 1.54) is 17.0 Å². The second kappa shape index (κ2) is 5.73. The van der Waals surface area contributed by atoms with Crippen LogP contribution in [0.1, 0.15) is 16.5 Å². The van der Waals surface area contributed by atoms with E-state index in [2.05, 4.69) is 27.4 Å². The van der Waals surface area contributed by atoms with Crippen molar-refractivity contribution in [1.82, 2.24) is 5.43 Å². The van der Waals surface area contributed by atoms with Crippen molar-refractivity contribution < 1.29 is 4.39 Å². The summed E-state index contributed by atoms with van der Waals surface area (Å²) in [5.74, 6) is 5.31. The van der Waals surface area contributed by atoms with E-state index in [9.17, 15) is 4.39 Å². The van der Waals surface area contributed by atoms with Crippen molar-refractivity contribution in [2.45, 2.75) is 12.5 Å². The van der Waals surface area contributed by atoms with Crippen molar-refractivity contribution in [3.05, 3.63) is 56.4 Å². The Kier molecular flexibility index (Phi) is 4.28. The summed E-state index contributed by atoms with van der Waals surface area (Å²) < 4.78 is 13.7. The van der Waals surface area contributed by atoms with Crippen molar-refractivity contribution >= 4 is 27.3 Å². The van der Waals surface area contributed by atoms with Gasteiger partial charge in [0.05, 0.1) is 6.04 Å². The molecule has 0 saturated carbocycles. The number of nitrogens with two attached hydrogens (primary N) is 1. The molecule has 1 aromatic carbocycles.